The normalized spacial score (nSPS) is 13.5. The van der Waals surface area contributed by atoms with Crippen molar-refractivity contribution in [3.8, 4) is 0 Å². The third kappa shape index (κ3) is 2.16. The van der Waals surface area contributed by atoms with Gasteiger partial charge < -0.3 is 0 Å². The van der Waals surface area contributed by atoms with Gasteiger partial charge in [0, 0.05) is 0 Å². The predicted molar refractivity (Wildman–Crippen MR) is 25.9 cm³/mol. The van der Waals surface area contributed by atoms with Gasteiger partial charge in [0.15, 0.2) is 0 Å². The smallest absolute Gasteiger partial charge is 0.255 e. The van der Waals surface area contributed by atoms with Crippen LogP contribution in [0.25, 0.3) is 0 Å². The molecule has 5 heteroatoms. The molecule has 0 aliphatic carbocycles. The first-order chi connectivity index (χ1) is 4.39. The van der Waals surface area contributed by atoms with Crippen molar-refractivity contribution < 1.29 is 22.4 Å². The Morgan fingerprint density at radius 1 is 1.40 bits per heavy atom. The molecule has 0 aliphatic heterocycles. The summed E-state index contributed by atoms with van der Waals surface area (Å²) in [6.07, 6.45) is -4.48. The van der Waals surface area contributed by atoms with E-state index in [2.05, 4.69) is 0 Å². The average Bonchev–Trinajstić information content (AvgIpc) is 1.60. The molecular weight excluding hydrogens is 152 g/mol. The lowest BCUT2D eigenvalue weighted by atomic mass is 10.2. The molecule has 10 heavy (non-hydrogen) atoms. The van der Waals surface area contributed by atoms with E-state index < -0.39 is 17.8 Å². The fraction of sp³-hybridized carbons (Fsp3) is 0.400. The highest BCUT2D eigenvalue weighted by molar-refractivity contribution is 5.88. The Kier molecular flexibility index (Phi) is 2.56. The second-order valence-electron chi connectivity index (χ2n) is 1.47. The molecule has 0 aromatic rings. The monoisotopic (exact) mass is 156 g/mol. The van der Waals surface area contributed by atoms with Gasteiger partial charge in [0.25, 0.3) is 0 Å². The van der Waals surface area contributed by atoms with Crippen LogP contribution in [0.5, 0.6) is 0 Å². The second-order valence-corrected chi connectivity index (χ2v) is 1.47. The van der Waals surface area contributed by atoms with E-state index in [1.54, 1.807) is 0 Å². The lowest BCUT2D eigenvalue weighted by Gasteiger charge is -2.03. The molecule has 0 radical (unpaired) electrons. The van der Waals surface area contributed by atoms with E-state index in [1.807, 2.05) is 0 Å². The van der Waals surface area contributed by atoms with Gasteiger partial charge in [-0.3, -0.25) is 4.79 Å². The third-order valence-electron chi connectivity index (χ3n) is 0.806. The molecule has 0 spiro atoms. The molecule has 0 N–H and O–H groups in total. The molecule has 0 aromatic heterocycles. The van der Waals surface area contributed by atoms with Crippen LogP contribution in [0.3, 0.4) is 0 Å². The van der Waals surface area contributed by atoms with Crippen molar-refractivity contribution in [1.82, 2.24) is 0 Å². The zero-order chi connectivity index (χ0) is 8.36. The van der Waals surface area contributed by atoms with Gasteiger partial charge in [-0.25, -0.2) is 0 Å². The van der Waals surface area contributed by atoms with Crippen LogP contribution in [0.1, 0.15) is 6.92 Å². The fourth-order valence-electron chi connectivity index (χ4n) is 0.389. The highest BCUT2D eigenvalue weighted by atomic mass is 19.4. The minimum atomic E-state index is -4.87. The molecule has 0 saturated carbocycles. The Balaban J connectivity index is 4.56. The molecule has 0 bridgehead atoms. The summed E-state index contributed by atoms with van der Waals surface area (Å²) in [5.41, 5.74) is -1.76. The Hall–Kier alpha value is -0.870. The van der Waals surface area contributed by atoms with Crippen molar-refractivity contribution in [3.05, 3.63) is 11.6 Å². The van der Waals surface area contributed by atoms with Crippen molar-refractivity contribution in [1.29, 1.82) is 0 Å². The summed E-state index contributed by atoms with van der Waals surface area (Å²) >= 11 is 0. The van der Waals surface area contributed by atoms with Gasteiger partial charge in [0.1, 0.15) is 5.57 Å². The van der Waals surface area contributed by atoms with Crippen LogP contribution >= 0.6 is 0 Å². The van der Waals surface area contributed by atoms with Gasteiger partial charge in [-0.2, -0.15) is 17.6 Å². The summed E-state index contributed by atoms with van der Waals surface area (Å²) in [6, 6.07) is -2.45. The Bertz CT molecular complexity index is 167. The van der Waals surface area contributed by atoms with Crippen LogP contribution in [0, 0.1) is 0 Å². The van der Waals surface area contributed by atoms with E-state index in [1.165, 1.54) is 0 Å². The molecule has 0 saturated heterocycles. The molecule has 0 aromatic carbocycles. The molecule has 0 unspecified atom stereocenters. The maximum Gasteiger partial charge on any atom is 0.422 e. The summed E-state index contributed by atoms with van der Waals surface area (Å²) in [4.78, 5) is 9.57. The third-order valence-corrected chi connectivity index (χ3v) is 0.806. The zero-order valence-electron chi connectivity index (χ0n) is 5.00. The largest absolute Gasteiger partial charge is 0.422 e. The van der Waals surface area contributed by atoms with Crippen LogP contribution < -0.4 is 0 Å². The lowest BCUT2D eigenvalue weighted by molar-refractivity contribution is -0.137. The van der Waals surface area contributed by atoms with Gasteiger partial charge in [0.2, 0.25) is 0 Å². The number of carbonyl (C=O) groups is 1. The van der Waals surface area contributed by atoms with Crippen LogP contribution in [-0.4, -0.2) is 12.2 Å². The quantitative estimate of drug-likeness (QED) is 0.322. The van der Waals surface area contributed by atoms with E-state index in [0.29, 0.717) is 6.08 Å². The average molecular weight is 156 g/mol. The first-order valence-electron chi connectivity index (χ1n) is 2.33. The van der Waals surface area contributed by atoms with Gasteiger partial charge in [-0.15, -0.1) is 0 Å². The minimum absolute atomic E-state index is 0.391. The minimum Gasteiger partial charge on any atom is -0.255 e. The molecule has 58 valence electrons. The van der Waals surface area contributed by atoms with Gasteiger partial charge >= 0.3 is 12.2 Å². The number of carbonyl (C=O) groups excluding carboxylic acids is 1. The number of hydrogen-bond acceptors (Lipinski definition) is 1. The topological polar surface area (TPSA) is 17.1 Å². The Morgan fingerprint density at radius 3 is 1.80 bits per heavy atom. The molecule has 0 atom stereocenters. The predicted octanol–water partition coefficient (Wildman–Crippen LogP) is 1.99. The van der Waals surface area contributed by atoms with Crippen LogP contribution in [0.4, 0.5) is 17.6 Å². The van der Waals surface area contributed by atoms with E-state index in [-0.39, 0.29) is 0 Å². The summed E-state index contributed by atoms with van der Waals surface area (Å²) in [5.74, 6) is 0. The number of hydrogen-bond donors (Lipinski definition) is 0. The van der Waals surface area contributed by atoms with Gasteiger partial charge in [0.05, 0.1) is 0 Å². The summed E-state index contributed by atoms with van der Waals surface area (Å²) in [7, 11) is 0. The highest BCUT2D eigenvalue weighted by Gasteiger charge is 2.37. The maximum atomic E-state index is 11.4. The van der Waals surface area contributed by atoms with E-state index in [9.17, 15) is 22.4 Å². The molecule has 0 heterocycles. The van der Waals surface area contributed by atoms with Crippen LogP contribution in [0.15, 0.2) is 11.6 Å². The molecular formula is C5H4F4O. The Morgan fingerprint density at radius 2 is 1.80 bits per heavy atom. The van der Waals surface area contributed by atoms with E-state index in [4.69, 9.17) is 0 Å². The van der Waals surface area contributed by atoms with Crippen LogP contribution in [-0.2, 0) is 4.79 Å². The van der Waals surface area contributed by atoms with Crippen molar-refractivity contribution in [2.75, 3.05) is 0 Å². The highest BCUT2D eigenvalue weighted by Crippen LogP contribution is 2.26. The number of halogens is 4. The van der Waals surface area contributed by atoms with Gasteiger partial charge in [-0.1, -0.05) is 6.08 Å². The van der Waals surface area contributed by atoms with E-state index in [0.717, 1.165) is 6.92 Å². The molecule has 0 fully saturated rings. The number of allylic oxidation sites excluding steroid dienone is 2. The number of alkyl halides is 3. The van der Waals surface area contributed by atoms with Crippen molar-refractivity contribution >= 4 is 6.04 Å². The fourth-order valence-corrected chi connectivity index (χ4v) is 0.389. The molecule has 1 nitrogen and oxygen atoms in total. The number of rotatable bonds is 1. The summed E-state index contributed by atoms with van der Waals surface area (Å²) in [6.45, 7) is 0.945. The first-order valence-corrected chi connectivity index (χ1v) is 2.33. The summed E-state index contributed by atoms with van der Waals surface area (Å²) < 4.78 is 45.8. The molecule has 0 rings (SSSR count). The summed E-state index contributed by atoms with van der Waals surface area (Å²) in [5, 5.41) is 0. The van der Waals surface area contributed by atoms with Crippen molar-refractivity contribution in [2.45, 2.75) is 13.1 Å². The lowest BCUT2D eigenvalue weighted by Crippen LogP contribution is -2.16. The zero-order valence-corrected chi connectivity index (χ0v) is 5.00. The van der Waals surface area contributed by atoms with Crippen molar-refractivity contribution in [3.63, 3.8) is 0 Å². The first kappa shape index (κ1) is 9.13. The molecule has 0 aliphatic rings. The van der Waals surface area contributed by atoms with Crippen LogP contribution in [0.2, 0.25) is 0 Å². The maximum absolute atomic E-state index is 11.4. The standard InChI is InChI=1S/C5H4F4O/c1-2-3(4(6)10)5(7,8)9/h2H,1H3/b3-2+. The Labute approximate surface area is 54.3 Å². The van der Waals surface area contributed by atoms with Crippen molar-refractivity contribution in [2.24, 2.45) is 0 Å². The van der Waals surface area contributed by atoms with Gasteiger partial charge in [-0.05, 0) is 6.92 Å². The second kappa shape index (κ2) is 2.81. The SMILES string of the molecule is C/C=C(\C(=O)F)C(F)(F)F. The molecule has 0 amide bonds. The van der Waals surface area contributed by atoms with E-state index >= 15 is 0 Å².